The van der Waals surface area contributed by atoms with Crippen molar-refractivity contribution < 1.29 is 0 Å². The van der Waals surface area contributed by atoms with Gasteiger partial charge in [-0.15, -0.1) is 0 Å². The number of fused-ring (bicyclic) bond motifs is 2. The summed E-state index contributed by atoms with van der Waals surface area (Å²) in [6.07, 6.45) is 9.68. The molecule has 6 rings (SSSR count). The van der Waals surface area contributed by atoms with Gasteiger partial charge in [0.25, 0.3) is 0 Å². The molecule has 220 valence electrons. The minimum atomic E-state index is -0.471. The Labute approximate surface area is 253 Å². The molecule has 6 heterocycles. The highest BCUT2D eigenvalue weighted by Gasteiger charge is 2.27. The van der Waals surface area contributed by atoms with Crippen molar-refractivity contribution in [3.8, 4) is 11.6 Å². The van der Waals surface area contributed by atoms with Crippen molar-refractivity contribution in [3.63, 3.8) is 0 Å². The molecule has 0 radical (unpaired) electrons. The lowest BCUT2D eigenvalue weighted by atomic mass is 9.84. The number of pyridine rings is 4. The van der Waals surface area contributed by atoms with Gasteiger partial charge in [-0.3, -0.25) is 9.97 Å². The van der Waals surface area contributed by atoms with Crippen molar-refractivity contribution in [2.75, 3.05) is 0 Å². The van der Waals surface area contributed by atoms with E-state index >= 15 is 0 Å². The number of hydrogen-bond acceptors (Lipinski definition) is 6. The van der Waals surface area contributed by atoms with Crippen molar-refractivity contribution >= 4 is 22.1 Å². The Morgan fingerprint density at radius 3 is 1.37 bits per heavy atom. The summed E-state index contributed by atoms with van der Waals surface area (Å²) in [6, 6.07) is 16.3. The highest BCUT2D eigenvalue weighted by atomic mass is 15.3. The molecule has 0 aliphatic heterocycles. The summed E-state index contributed by atoms with van der Waals surface area (Å²) in [7, 11) is 0. The zero-order valence-corrected chi connectivity index (χ0v) is 26.4. The van der Waals surface area contributed by atoms with E-state index in [1.807, 2.05) is 70.5 Å². The van der Waals surface area contributed by atoms with Gasteiger partial charge < -0.3 is 0 Å². The fraction of sp³-hybridized carbons (Fsp3) is 0.371. The average Bonchev–Trinajstić information content (AvgIpc) is 3.55. The molecule has 0 fully saturated rings. The highest BCUT2D eigenvalue weighted by Crippen LogP contribution is 2.31. The van der Waals surface area contributed by atoms with Crippen LogP contribution in [0.1, 0.15) is 77.9 Å². The van der Waals surface area contributed by atoms with E-state index in [9.17, 15) is 0 Å². The molecule has 0 atom stereocenters. The van der Waals surface area contributed by atoms with E-state index in [1.54, 1.807) is 0 Å². The van der Waals surface area contributed by atoms with Gasteiger partial charge in [0.1, 0.15) is 22.1 Å². The highest BCUT2D eigenvalue weighted by molar-refractivity contribution is 5.75. The number of hydrogen-bond donors (Lipinski definition) is 0. The Hall–Kier alpha value is -4.46. The second-order valence-electron chi connectivity index (χ2n) is 14.5. The molecule has 0 aromatic carbocycles. The molecule has 0 unspecified atom stereocenters. The Morgan fingerprint density at radius 1 is 0.558 bits per heavy atom. The average molecular weight is 573 g/mol. The van der Waals surface area contributed by atoms with E-state index in [-0.39, 0.29) is 10.8 Å². The van der Waals surface area contributed by atoms with Gasteiger partial charge in [-0.05, 0) is 85.0 Å². The standard InChI is InChI=1S/C35H40N8/c1-33(2,3)17-23-15-25-27(36-19-23)21-42(40-25)31-13-9-11-29(38-31)35(7,8)30-12-10-14-32(39-30)43-22-28-26(41-43)16-24(20-37-28)18-34(4,5)6/h9-16,19-22H,17-18H2,1-8H3. The summed E-state index contributed by atoms with van der Waals surface area (Å²) in [4.78, 5) is 19.4. The zero-order chi connectivity index (χ0) is 30.6. The topological polar surface area (TPSA) is 87.2 Å². The molecule has 0 aliphatic rings. The summed E-state index contributed by atoms with van der Waals surface area (Å²) < 4.78 is 3.64. The number of rotatable bonds is 6. The lowest BCUT2D eigenvalue weighted by molar-refractivity contribution is 0.410. The molecule has 0 saturated heterocycles. The maximum absolute atomic E-state index is 5.04. The SMILES string of the molecule is CC(C)(C)Cc1cnc2cn(-c3cccc(C(C)(C)c4cccc(-n5cc6ncc(CC(C)(C)C)cc6n5)n4)n3)nc2c1. The Kier molecular flexibility index (Phi) is 6.91. The smallest absolute Gasteiger partial charge is 0.153 e. The van der Waals surface area contributed by atoms with Gasteiger partial charge in [0.05, 0.1) is 23.8 Å². The van der Waals surface area contributed by atoms with Crippen molar-refractivity contribution in [1.82, 2.24) is 39.5 Å². The second kappa shape index (κ2) is 10.4. The summed E-state index contributed by atoms with van der Waals surface area (Å²) in [5, 5.41) is 9.66. The maximum Gasteiger partial charge on any atom is 0.153 e. The lowest BCUT2D eigenvalue weighted by Gasteiger charge is -2.24. The normalized spacial score (nSPS) is 12.8. The molecule has 0 saturated carbocycles. The van der Waals surface area contributed by atoms with E-state index in [4.69, 9.17) is 20.2 Å². The molecule has 8 heteroatoms. The van der Waals surface area contributed by atoms with Crippen LogP contribution < -0.4 is 0 Å². The van der Waals surface area contributed by atoms with Crippen LogP contribution in [0.2, 0.25) is 0 Å². The third kappa shape index (κ3) is 6.19. The van der Waals surface area contributed by atoms with Crippen LogP contribution in [0.3, 0.4) is 0 Å². The predicted octanol–water partition coefficient (Wildman–Crippen LogP) is 7.45. The van der Waals surface area contributed by atoms with E-state index in [0.717, 1.165) is 57.9 Å². The van der Waals surface area contributed by atoms with Crippen molar-refractivity contribution in [2.24, 2.45) is 10.8 Å². The summed E-state index contributed by atoms with van der Waals surface area (Å²) in [6.45, 7) is 17.7. The molecular formula is C35H40N8. The molecule has 6 aromatic heterocycles. The second-order valence-corrected chi connectivity index (χ2v) is 14.5. The Bertz CT molecular complexity index is 1790. The van der Waals surface area contributed by atoms with Gasteiger partial charge in [0.15, 0.2) is 11.6 Å². The predicted molar refractivity (Wildman–Crippen MR) is 172 cm³/mol. The minimum absolute atomic E-state index is 0.183. The van der Waals surface area contributed by atoms with Gasteiger partial charge >= 0.3 is 0 Å². The molecule has 6 aromatic rings. The Balaban J connectivity index is 1.30. The lowest BCUT2D eigenvalue weighted by Crippen LogP contribution is -2.23. The first kappa shape index (κ1) is 28.6. The van der Waals surface area contributed by atoms with Gasteiger partial charge in [-0.1, -0.05) is 53.7 Å². The number of nitrogens with zero attached hydrogens (tertiary/aromatic N) is 8. The van der Waals surface area contributed by atoms with Crippen LogP contribution in [0.15, 0.2) is 73.3 Å². The van der Waals surface area contributed by atoms with Crippen LogP contribution >= 0.6 is 0 Å². The van der Waals surface area contributed by atoms with Crippen LogP contribution in [0, 0.1) is 10.8 Å². The Morgan fingerprint density at radius 2 is 0.977 bits per heavy atom. The molecule has 0 amide bonds. The van der Waals surface area contributed by atoms with Crippen LogP contribution in [-0.4, -0.2) is 39.5 Å². The van der Waals surface area contributed by atoms with Gasteiger partial charge in [0, 0.05) is 17.8 Å². The molecular weight excluding hydrogens is 532 g/mol. The maximum atomic E-state index is 5.04. The van der Waals surface area contributed by atoms with E-state index in [1.165, 1.54) is 11.1 Å². The third-order valence-electron chi connectivity index (χ3n) is 7.52. The van der Waals surface area contributed by atoms with Crippen molar-refractivity contribution in [3.05, 3.63) is 95.8 Å². The first-order valence-electron chi connectivity index (χ1n) is 14.9. The molecule has 43 heavy (non-hydrogen) atoms. The van der Waals surface area contributed by atoms with E-state index < -0.39 is 5.41 Å². The van der Waals surface area contributed by atoms with Gasteiger partial charge in [-0.2, -0.15) is 10.2 Å². The minimum Gasteiger partial charge on any atom is -0.253 e. The van der Waals surface area contributed by atoms with E-state index in [0.29, 0.717) is 0 Å². The van der Waals surface area contributed by atoms with Crippen LogP contribution in [-0.2, 0) is 18.3 Å². The first-order chi connectivity index (χ1) is 20.2. The van der Waals surface area contributed by atoms with Crippen LogP contribution in [0.5, 0.6) is 0 Å². The fourth-order valence-electron chi connectivity index (χ4n) is 5.47. The first-order valence-corrected chi connectivity index (χ1v) is 14.9. The third-order valence-corrected chi connectivity index (χ3v) is 7.52. The molecule has 0 spiro atoms. The number of aromatic nitrogens is 8. The zero-order valence-electron chi connectivity index (χ0n) is 26.4. The molecule has 0 bridgehead atoms. The van der Waals surface area contributed by atoms with Crippen molar-refractivity contribution in [1.29, 1.82) is 0 Å². The summed E-state index contributed by atoms with van der Waals surface area (Å²) in [5.74, 6) is 1.49. The largest absolute Gasteiger partial charge is 0.253 e. The fourth-order valence-corrected chi connectivity index (χ4v) is 5.47. The van der Waals surface area contributed by atoms with Crippen LogP contribution in [0.4, 0.5) is 0 Å². The summed E-state index contributed by atoms with van der Waals surface area (Å²) >= 11 is 0. The quantitative estimate of drug-likeness (QED) is 0.206. The van der Waals surface area contributed by atoms with Gasteiger partial charge in [-0.25, -0.2) is 19.3 Å². The van der Waals surface area contributed by atoms with E-state index in [2.05, 4.69) is 77.5 Å². The summed E-state index contributed by atoms with van der Waals surface area (Å²) in [5.41, 5.74) is 7.50. The molecule has 0 aliphatic carbocycles. The van der Waals surface area contributed by atoms with Gasteiger partial charge in [0.2, 0.25) is 0 Å². The molecule has 0 N–H and O–H groups in total. The monoisotopic (exact) mass is 572 g/mol. The van der Waals surface area contributed by atoms with Crippen LogP contribution in [0.25, 0.3) is 33.7 Å². The molecule has 8 nitrogen and oxygen atoms in total. The van der Waals surface area contributed by atoms with Crippen molar-refractivity contribution in [2.45, 2.75) is 73.6 Å².